The highest BCUT2D eigenvalue weighted by Gasteiger charge is 2.19. The van der Waals surface area contributed by atoms with Crippen molar-refractivity contribution >= 4 is 21.7 Å². The number of aromatic nitrogens is 2. The van der Waals surface area contributed by atoms with Gasteiger partial charge in [0.15, 0.2) is 5.78 Å². The van der Waals surface area contributed by atoms with Crippen molar-refractivity contribution in [1.82, 2.24) is 9.55 Å². The Kier molecular flexibility index (Phi) is 3.56. The summed E-state index contributed by atoms with van der Waals surface area (Å²) < 4.78 is 29.0. The van der Waals surface area contributed by atoms with Gasteiger partial charge in [0.2, 0.25) is 0 Å². The summed E-state index contributed by atoms with van der Waals surface area (Å²) in [5.74, 6) is -1.92. The molecule has 0 spiro atoms. The minimum Gasteiger partial charge on any atom is -0.338 e. The van der Waals surface area contributed by atoms with Crippen molar-refractivity contribution in [2.45, 2.75) is 6.42 Å². The number of carbonyl (C=O) groups is 1. The molecular formula is C12H9BrF2N2O. The molecule has 1 aromatic carbocycles. The van der Waals surface area contributed by atoms with E-state index in [1.54, 1.807) is 17.8 Å². The van der Waals surface area contributed by atoms with Crippen LogP contribution in [0.2, 0.25) is 0 Å². The topological polar surface area (TPSA) is 34.9 Å². The monoisotopic (exact) mass is 314 g/mol. The zero-order valence-electron chi connectivity index (χ0n) is 9.45. The van der Waals surface area contributed by atoms with Crippen molar-refractivity contribution in [3.8, 4) is 0 Å². The van der Waals surface area contributed by atoms with Crippen molar-refractivity contribution in [3.05, 3.63) is 52.0 Å². The fourth-order valence-corrected chi connectivity index (χ4v) is 2.01. The molecule has 94 valence electrons. The molecule has 2 aromatic rings. The van der Waals surface area contributed by atoms with E-state index in [-0.39, 0.29) is 10.9 Å². The average Bonchev–Trinajstić information content (AvgIpc) is 2.62. The van der Waals surface area contributed by atoms with E-state index in [2.05, 4.69) is 20.9 Å². The number of carbonyl (C=O) groups excluding carboxylic acids is 1. The Morgan fingerprint density at radius 2 is 2.00 bits per heavy atom. The predicted octanol–water partition coefficient (Wildman–Crippen LogP) is 2.89. The highest BCUT2D eigenvalue weighted by molar-refractivity contribution is 9.10. The second-order valence-corrected chi connectivity index (χ2v) is 4.71. The van der Waals surface area contributed by atoms with Crippen molar-refractivity contribution in [1.29, 1.82) is 0 Å². The molecule has 2 rings (SSSR count). The highest BCUT2D eigenvalue weighted by Crippen LogP contribution is 2.20. The fraction of sp³-hybridized carbons (Fsp3) is 0.167. The lowest BCUT2D eigenvalue weighted by atomic mass is 10.1. The summed E-state index contributed by atoms with van der Waals surface area (Å²) in [5.41, 5.74) is -0.527. The molecule has 0 aliphatic carbocycles. The molecule has 0 saturated heterocycles. The van der Waals surface area contributed by atoms with E-state index in [0.717, 1.165) is 12.1 Å². The molecule has 0 fully saturated rings. The summed E-state index contributed by atoms with van der Waals surface area (Å²) in [7, 11) is 1.71. The number of aryl methyl sites for hydroxylation is 1. The molecule has 1 aromatic heterocycles. The van der Waals surface area contributed by atoms with Crippen molar-refractivity contribution < 1.29 is 13.6 Å². The van der Waals surface area contributed by atoms with Gasteiger partial charge in [0.05, 0.1) is 12.0 Å². The zero-order chi connectivity index (χ0) is 13.3. The predicted molar refractivity (Wildman–Crippen MR) is 65.3 cm³/mol. The largest absolute Gasteiger partial charge is 0.338 e. The van der Waals surface area contributed by atoms with Gasteiger partial charge in [-0.15, -0.1) is 0 Å². The molecule has 0 aliphatic heterocycles. The number of hydrogen-bond acceptors (Lipinski definition) is 2. The van der Waals surface area contributed by atoms with Gasteiger partial charge in [-0.2, -0.15) is 0 Å². The van der Waals surface area contributed by atoms with E-state index in [9.17, 15) is 13.6 Å². The van der Waals surface area contributed by atoms with Gasteiger partial charge in [-0.05, 0) is 12.1 Å². The first-order chi connectivity index (χ1) is 8.49. The van der Waals surface area contributed by atoms with Crippen LogP contribution in [0.25, 0.3) is 0 Å². The number of benzene rings is 1. The first-order valence-electron chi connectivity index (χ1n) is 5.13. The van der Waals surface area contributed by atoms with E-state index >= 15 is 0 Å². The van der Waals surface area contributed by atoms with Gasteiger partial charge < -0.3 is 4.57 Å². The molecule has 0 radical (unpaired) electrons. The van der Waals surface area contributed by atoms with Crippen LogP contribution in [0.5, 0.6) is 0 Å². The average molecular weight is 315 g/mol. The van der Waals surface area contributed by atoms with Crippen molar-refractivity contribution in [2.24, 2.45) is 7.05 Å². The number of Topliss-reactive ketones (excluding diaryl/α,β-unsaturated/α-hetero) is 1. The lowest BCUT2D eigenvalue weighted by Gasteiger charge is -2.05. The fourth-order valence-electron chi connectivity index (χ4n) is 1.61. The van der Waals surface area contributed by atoms with E-state index in [1.807, 2.05) is 0 Å². The minimum absolute atomic E-state index is 0.140. The normalized spacial score (nSPS) is 10.7. The molecule has 0 aliphatic rings. The summed E-state index contributed by atoms with van der Waals surface area (Å²) in [6.45, 7) is 0. The number of halogens is 3. The zero-order valence-corrected chi connectivity index (χ0v) is 11.0. The Bertz CT molecular complexity index is 587. The molecule has 18 heavy (non-hydrogen) atoms. The van der Waals surface area contributed by atoms with Crippen LogP contribution in [0, 0.1) is 11.6 Å². The Labute approximate surface area is 111 Å². The lowest BCUT2D eigenvalue weighted by molar-refractivity contribution is 0.0982. The summed E-state index contributed by atoms with van der Waals surface area (Å²) in [6.07, 6.45) is 3.05. The van der Waals surface area contributed by atoms with E-state index < -0.39 is 23.0 Å². The summed E-state index contributed by atoms with van der Waals surface area (Å²) in [5, 5.41) is 0. The third-order valence-corrected chi connectivity index (χ3v) is 2.98. The molecule has 0 saturated carbocycles. The van der Waals surface area contributed by atoms with E-state index in [1.165, 1.54) is 6.20 Å². The highest BCUT2D eigenvalue weighted by atomic mass is 79.9. The van der Waals surface area contributed by atoms with Gasteiger partial charge in [0.25, 0.3) is 0 Å². The van der Waals surface area contributed by atoms with Gasteiger partial charge >= 0.3 is 0 Å². The maximum Gasteiger partial charge on any atom is 0.176 e. The molecule has 3 nitrogen and oxygen atoms in total. The van der Waals surface area contributed by atoms with Crippen LogP contribution in [-0.2, 0) is 13.5 Å². The van der Waals surface area contributed by atoms with Gasteiger partial charge in [-0.3, -0.25) is 4.79 Å². The second-order valence-electron chi connectivity index (χ2n) is 3.80. The molecule has 0 N–H and O–H groups in total. The standard InChI is InChI=1S/C12H9BrF2N2O/c1-17-3-2-16-11(17)6-10(18)12-8(14)4-7(13)5-9(12)15/h2-5H,6H2,1H3. The van der Waals surface area contributed by atoms with Gasteiger partial charge in [-0.25, -0.2) is 13.8 Å². The van der Waals surface area contributed by atoms with Crippen LogP contribution < -0.4 is 0 Å². The lowest BCUT2D eigenvalue weighted by Crippen LogP contribution is -2.12. The Balaban J connectivity index is 2.33. The molecule has 1 heterocycles. The number of imidazole rings is 1. The molecule has 0 unspecified atom stereocenters. The van der Waals surface area contributed by atoms with Crippen LogP contribution in [0.15, 0.2) is 29.0 Å². The second kappa shape index (κ2) is 4.97. The van der Waals surface area contributed by atoms with Gasteiger partial charge in [0.1, 0.15) is 17.5 Å². The molecule has 0 amide bonds. The van der Waals surface area contributed by atoms with Crippen LogP contribution in [0.4, 0.5) is 8.78 Å². The van der Waals surface area contributed by atoms with Crippen LogP contribution in [-0.4, -0.2) is 15.3 Å². The number of hydrogen-bond donors (Lipinski definition) is 0. The third-order valence-electron chi connectivity index (χ3n) is 2.53. The minimum atomic E-state index is -0.874. The Morgan fingerprint density at radius 3 is 2.50 bits per heavy atom. The summed E-state index contributed by atoms with van der Waals surface area (Å²) in [6, 6.07) is 2.13. The van der Waals surface area contributed by atoms with Crippen LogP contribution in [0.3, 0.4) is 0 Å². The maximum atomic E-state index is 13.6. The maximum absolute atomic E-state index is 13.6. The Morgan fingerprint density at radius 1 is 1.39 bits per heavy atom. The molecule has 0 atom stereocenters. The quantitative estimate of drug-likeness (QED) is 0.816. The van der Waals surface area contributed by atoms with E-state index in [4.69, 9.17) is 0 Å². The van der Waals surface area contributed by atoms with Gasteiger partial charge in [0, 0.05) is 23.9 Å². The number of nitrogens with zero attached hydrogens (tertiary/aromatic N) is 2. The third kappa shape index (κ3) is 2.48. The van der Waals surface area contributed by atoms with Crippen molar-refractivity contribution in [3.63, 3.8) is 0 Å². The molecular weight excluding hydrogens is 306 g/mol. The van der Waals surface area contributed by atoms with E-state index in [0.29, 0.717) is 5.82 Å². The first-order valence-corrected chi connectivity index (χ1v) is 5.92. The smallest absolute Gasteiger partial charge is 0.176 e. The molecule has 0 bridgehead atoms. The molecule has 6 heteroatoms. The van der Waals surface area contributed by atoms with Crippen LogP contribution in [0.1, 0.15) is 16.2 Å². The Hall–Kier alpha value is -1.56. The van der Waals surface area contributed by atoms with Gasteiger partial charge in [-0.1, -0.05) is 15.9 Å². The van der Waals surface area contributed by atoms with Crippen molar-refractivity contribution in [2.75, 3.05) is 0 Å². The summed E-state index contributed by atoms with van der Waals surface area (Å²) >= 11 is 2.96. The number of rotatable bonds is 3. The summed E-state index contributed by atoms with van der Waals surface area (Å²) in [4.78, 5) is 15.8. The first kappa shape index (κ1) is 12.9. The van der Waals surface area contributed by atoms with Crippen LogP contribution >= 0.6 is 15.9 Å². The number of ketones is 1. The SMILES string of the molecule is Cn1ccnc1CC(=O)c1c(F)cc(Br)cc1F.